The molecule has 0 bridgehead atoms. The maximum Gasteiger partial charge on any atom is 0.235 e. The van der Waals surface area contributed by atoms with Gasteiger partial charge in [-0.3, -0.25) is 4.79 Å². The van der Waals surface area contributed by atoms with Crippen molar-refractivity contribution in [3.8, 4) is 0 Å². The van der Waals surface area contributed by atoms with E-state index in [1.165, 1.54) is 23.3 Å². The monoisotopic (exact) mass is 269 g/mol. The summed E-state index contributed by atoms with van der Waals surface area (Å²) < 4.78 is 5.55. The Kier molecular flexibility index (Phi) is 3.81. The van der Waals surface area contributed by atoms with Crippen LogP contribution < -0.4 is 5.32 Å². The van der Waals surface area contributed by atoms with Gasteiger partial charge in [0, 0.05) is 0 Å². The molecule has 1 aromatic heterocycles. The Morgan fingerprint density at radius 2 is 2.19 bits per heavy atom. The Morgan fingerprint density at radius 1 is 1.38 bits per heavy atom. The lowest BCUT2D eigenvalue weighted by atomic mass is 10.3. The normalized spacial score (nSPS) is 14.5. The van der Waals surface area contributed by atoms with Crippen LogP contribution in [0.4, 0.5) is 0 Å². The number of aromatic nitrogens is 2. The minimum atomic E-state index is 0.0231. The number of rotatable bonds is 0. The molecule has 82 valence electrons. The highest BCUT2D eigenvalue weighted by Gasteiger charge is 2.13. The Morgan fingerprint density at radius 3 is 2.75 bits per heavy atom. The minimum absolute atomic E-state index is 0.0231. The number of thioether (sulfide) groups is 1. The first kappa shape index (κ1) is 11.4. The number of nitrogens with zero attached hydrogens (tertiary/aromatic N) is 2. The lowest BCUT2D eigenvalue weighted by molar-refractivity contribution is -0.116. The van der Waals surface area contributed by atoms with Crippen LogP contribution in [0.1, 0.15) is 0 Å². The largest absolute Gasteiger partial charge is 0.311 e. The Hall–Kier alpha value is -1.05. The SMILES string of the molecule is O=C1CSC(=S)N1.c1ccc2snnc2c1. The summed E-state index contributed by atoms with van der Waals surface area (Å²) in [7, 11) is 0. The standard InChI is InChI=1S/C6H4N2S.C3H3NOS2/c1-2-4-6-5(3-1)7-8-9-6;5-2-1-7-3(6)4-2/h1-4H;1H2,(H,4,5,6). The fourth-order valence-corrected chi connectivity index (χ4v) is 2.41. The molecule has 16 heavy (non-hydrogen) atoms. The van der Waals surface area contributed by atoms with Gasteiger partial charge in [-0.2, -0.15) is 0 Å². The number of fused-ring (bicyclic) bond motifs is 1. The predicted octanol–water partition coefficient (Wildman–Crippen LogP) is 1.83. The second-order valence-electron chi connectivity index (χ2n) is 2.86. The first-order valence-corrected chi connectivity index (χ1v) is 6.56. The molecule has 0 aliphatic carbocycles. The number of nitrogens with one attached hydrogen (secondary N) is 1. The molecule has 2 aromatic rings. The summed E-state index contributed by atoms with van der Waals surface area (Å²) in [5.74, 6) is 0.522. The zero-order valence-electron chi connectivity index (χ0n) is 8.04. The second-order valence-corrected chi connectivity index (χ2v) is 5.30. The van der Waals surface area contributed by atoms with Crippen LogP contribution >= 0.6 is 35.5 Å². The third kappa shape index (κ3) is 2.97. The summed E-state index contributed by atoms with van der Waals surface area (Å²) in [5.41, 5.74) is 0.988. The molecule has 7 heteroatoms. The van der Waals surface area contributed by atoms with Crippen molar-refractivity contribution in [2.75, 3.05) is 5.75 Å². The highest BCUT2D eigenvalue weighted by atomic mass is 32.2. The third-order valence-electron chi connectivity index (χ3n) is 1.73. The van der Waals surface area contributed by atoms with Crippen molar-refractivity contribution in [3.05, 3.63) is 24.3 Å². The molecule has 0 radical (unpaired) electrons. The van der Waals surface area contributed by atoms with Gasteiger partial charge in [0.05, 0.1) is 10.5 Å². The molecule has 1 amide bonds. The van der Waals surface area contributed by atoms with Crippen molar-refractivity contribution >= 4 is 56.0 Å². The summed E-state index contributed by atoms with van der Waals surface area (Å²) in [4.78, 5) is 10.2. The first-order valence-electron chi connectivity index (χ1n) is 4.39. The van der Waals surface area contributed by atoms with E-state index < -0.39 is 0 Å². The maximum atomic E-state index is 10.2. The number of thiocarbonyl (C=S) groups is 1. The van der Waals surface area contributed by atoms with Crippen LogP contribution in [0.5, 0.6) is 0 Å². The molecule has 0 unspecified atom stereocenters. The van der Waals surface area contributed by atoms with Gasteiger partial charge >= 0.3 is 0 Å². The fourth-order valence-electron chi connectivity index (χ4n) is 1.04. The van der Waals surface area contributed by atoms with Gasteiger partial charge < -0.3 is 5.32 Å². The van der Waals surface area contributed by atoms with Crippen molar-refractivity contribution in [3.63, 3.8) is 0 Å². The molecule has 1 saturated heterocycles. The van der Waals surface area contributed by atoms with Gasteiger partial charge in [0.1, 0.15) is 9.84 Å². The van der Waals surface area contributed by atoms with Crippen LogP contribution in [0, 0.1) is 0 Å². The van der Waals surface area contributed by atoms with E-state index in [0.29, 0.717) is 10.1 Å². The smallest absolute Gasteiger partial charge is 0.235 e. The number of carbonyl (C=O) groups is 1. The van der Waals surface area contributed by atoms with Crippen LogP contribution in [0.15, 0.2) is 24.3 Å². The fraction of sp³-hybridized carbons (Fsp3) is 0.111. The van der Waals surface area contributed by atoms with E-state index >= 15 is 0 Å². The number of hydrogen-bond acceptors (Lipinski definition) is 6. The summed E-state index contributed by atoms with van der Waals surface area (Å²) in [6, 6.07) is 7.92. The van der Waals surface area contributed by atoms with Crippen LogP contribution in [-0.4, -0.2) is 25.6 Å². The molecule has 1 aliphatic rings. The quantitative estimate of drug-likeness (QED) is 0.739. The Labute approximate surface area is 106 Å². The third-order valence-corrected chi connectivity index (χ3v) is 3.66. The average molecular weight is 269 g/mol. The summed E-state index contributed by atoms with van der Waals surface area (Å²) >= 11 is 7.43. The van der Waals surface area contributed by atoms with Crippen molar-refractivity contribution in [1.29, 1.82) is 0 Å². The van der Waals surface area contributed by atoms with Gasteiger partial charge in [0.2, 0.25) is 5.91 Å². The molecular weight excluding hydrogens is 262 g/mol. The molecule has 0 atom stereocenters. The topological polar surface area (TPSA) is 54.9 Å². The minimum Gasteiger partial charge on any atom is -0.311 e. The molecule has 0 spiro atoms. The lowest BCUT2D eigenvalue weighted by Crippen LogP contribution is -2.18. The van der Waals surface area contributed by atoms with E-state index in [2.05, 4.69) is 27.1 Å². The van der Waals surface area contributed by atoms with Crippen molar-refractivity contribution in [2.45, 2.75) is 0 Å². The highest BCUT2D eigenvalue weighted by Crippen LogP contribution is 2.12. The van der Waals surface area contributed by atoms with Gasteiger partial charge in [0.25, 0.3) is 0 Å². The van der Waals surface area contributed by atoms with E-state index in [4.69, 9.17) is 0 Å². The van der Waals surface area contributed by atoms with Crippen molar-refractivity contribution in [2.24, 2.45) is 0 Å². The number of benzene rings is 1. The maximum absolute atomic E-state index is 10.2. The van der Waals surface area contributed by atoms with Gasteiger partial charge in [-0.1, -0.05) is 40.6 Å². The molecule has 0 saturated carbocycles. The zero-order chi connectivity index (χ0) is 11.4. The van der Waals surface area contributed by atoms with Crippen molar-refractivity contribution in [1.82, 2.24) is 14.9 Å². The molecule has 1 fully saturated rings. The van der Waals surface area contributed by atoms with E-state index in [9.17, 15) is 4.79 Å². The van der Waals surface area contributed by atoms with Gasteiger partial charge in [0.15, 0.2) is 0 Å². The molecule has 1 N–H and O–H groups in total. The zero-order valence-corrected chi connectivity index (χ0v) is 10.5. The van der Waals surface area contributed by atoms with Gasteiger partial charge in [-0.25, -0.2) is 0 Å². The van der Waals surface area contributed by atoms with E-state index in [1.54, 1.807) is 0 Å². The lowest BCUT2D eigenvalue weighted by Gasteiger charge is -1.81. The average Bonchev–Trinajstić information content (AvgIpc) is 2.88. The summed E-state index contributed by atoms with van der Waals surface area (Å²) in [6.07, 6.45) is 0. The van der Waals surface area contributed by atoms with E-state index in [0.717, 1.165) is 10.2 Å². The molecule has 1 aromatic carbocycles. The number of amides is 1. The second kappa shape index (κ2) is 5.33. The van der Waals surface area contributed by atoms with Gasteiger partial charge in [-0.15, -0.1) is 5.10 Å². The predicted molar refractivity (Wildman–Crippen MR) is 70.6 cm³/mol. The number of carbonyl (C=O) groups excluding carboxylic acids is 1. The Balaban J connectivity index is 0.000000125. The van der Waals surface area contributed by atoms with Crippen LogP contribution in [-0.2, 0) is 4.79 Å². The molecule has 2 heterocycles. The van der Waals surface area contributed by atoms with Crippen LogP contribution in [0.3, 0.4) is 0 Å². The van der Waals surface area contributed by atoms with E-state index in [-0.39, 0.29) is 5.91 Å². The molecular formula is C9H7N3OS3. The highest BCUT2D eigenvalue weighted by molar-refractivity contribution is 8.24. The van der Waals surface area contributed by atoms with Crippen LogP contribution in [0.2, 0.25) is 0 Å². The molecule has 1 aliphatic heterocycles. The van der Waals surface area contributed by atoms with E-state index in [1.807, 2.05) is 24.3 Å². The van der Waals surface area contributed by atoms with Crippen LogP contribution in [0.25, 0.3) is 10.2 Å². The molecule has 3 rings (SSSR count). The Bertz CT molecular complexity index is 481. The van der Waals surface area contributed by atoms with Crippen molar-refractivity contribution < 1.29 is 4.79 Å². The molecule has 4 nitrogen and oxygen atoms in total. The van der Waals surface area contributed by atoms with Gasteiger partial charge in [-0.05, 0) is 23.7 Å². The number of hydrogen-bond donors (Lipinski definition) is 1. The summed E-state index contributed by atoms with van der Waals surface area (Å²) in [6.45, 7) is 0. The summed E-state index contributed by atoms with van der Waals surface area (Å²) in [5, 5.41) is 6.36. The first-order chi connectivity index (χ1) is 7.75.